The first-order valence-corrected chi connectivity index (χ1v) is 10.6. The second kappa shape index (κ2) is 9.35. The normalized spacial score (nSPS) is 15.9. The van der Waals surface area contributed by atoms with Gasteiger partial charge in [0.1, 0.15) is 11.3 Å². The van der Waals surface area contributed by atoms with E-state index >= 15 is 0 Å². The molecule has 2 heterocycles. The fourth-order valence-electron chi connectivity index (χ4n) is 3.98. The van der Waals surface area contributed by atoms with Gasteiger partial charge in [-0.15, -0.1) is 0 Å². The maximum Gasteiger partial charge on any atom is 0.340 e. The first-order valence-electron chi connectivity index (χ1n) is 10.6. The van der Waals surface area contributed by atoms with Gasteiger partial charge in [-0.05, 0) is 55.5 Å². The van der Waals surface area contributed by atoms with Crippen LogP contribution in [0.25, 0.3) is 11.0 Å². The van der Waals surface area contributed by atoms with Gasteiger partial charge >= 0.3 is 5.63 Å². The van der Waals surface area contributed by atoms with Gasteiger partial charge in [-0.1, -0.05) is 30.3 Å². The van der Waals surface area contributed by atoms with E-state index in [1.165, 1.54) is 0 Å². The lowest BCUT2D eigenvalue weighted by Crippen LogP contribution is -2.35. The molecule has 1 aliphatic rings. The molecular weight excluding hydrogens is 394 g/mol. The summed E-state index contributed by atoms with van der Waals surface area (Å²) in [5.74, 6) is 0.336. The van der Waals surface area contributed by atoms with E-state index in [2.05, 4.69) is 5.32 Å². The van der Waals surface area contributed by atoms with E-state index in [0.29, 0.717) is 29.9 Å². The molecule has 0 bridgehead atoms. The minimum atomic E-state index is -0.347. The van der Waals surface area contributed by atoms with E-state index in [1.54, 1.807) is 0 Å². The summed E-state index contributed by atoms with van der Waals surface area (Å²) in [6.45, 7) is 4.93. The smallest absolute Gasteiger partial charge is 0.340 e. The van der Waals surface area contributed by atoms with Crippen LogP contribution in [0.15, 0.2) is 51.7 Å². The van der Waals surface area contributed by atoms with Crippen molar-refractivity contribution >= 4 is 16.9 Å². The molecule has 6 heteroatoms. The summed E-state index contributed by atoms with van der Waals surface area (Å²) in [6.07, 6.45) is 2.55. The molecule has 1 aliphatic heterocycles. The highest BCUT2D eigenvalue weighted by Gasteiger charge is 2.19. The van der Waals surface area contributed by atoms with Crippen molar-refractivity contribution in [2.75, 3.05) is 19.8 Å². The van der Waals surface area contributed by atoms with Gasteiger partial charge < -0.3 is 19.2 Å². The van der Waals surface area contributed by atoms with Crippen LogP contribution in [0, 0.1) is 13.8 Å². The topological polar surface area (TPSA) is 77.8 Å². The molecule has 0 unspecified atom stereocenters. The molecule has 1 N–H and O–H groups in total. The van der Waals surface area contributed by atoms with E-state index in [-0.39, 0.29) is 24.2 Å². The lowest BCUT2D eigenvalue weighted by Gasteiger charge is -2.15. The molecule has 3 aromatic rings. The van der Waals surface area contributed by atoms with Crippen LogP contribution in [0.1, 0.15) is 35.1 Å². The van der Waals surface area contributed by atoms with Crippen molar-refractivity contribution in [3.63, 3.8) is 0 Å². The minimum Gasteiger partial charge on any atom is -0.483 e. The Morgan fingerprint density at radius 2 is 2.00 bits per heavy atom. The van der Waals surface area contributed by atoms with Gasteiger partial charge in [0.2, 0.25) is 0 Å². The maximum atomic E-state index is 12.7. The Morgan fingerprint density at radius 1 is 1.19 bits per heavy atom. The summed E-state index contributed by atoms with van der Waals surface area (Å²) < 4.78 is 17.1. The van der Waals surface area contributed by atoms with E-state index in [0.717, 1.165) is 41.5 Å². The lowest BCUT2D eigenvalue weighted by atomic mass is 9.98. The van der Waals surface area contributed by atoms with Crippen LogP contribution < -0.4 is 15.7 Å². The van der Waals surface area contributed by atoms with Gasteiger partial charge in [-0.3, -0.25) is 4.79 Å². The zero-order valence-corrected chi connectivity index (χ0v) is 17.9. The minimum absolute atomic E-state index is 0.0841. The van der Waals surface area contributed by atoms with Crippen LogP contribution in [-0.4, -0.2) is 31.8 Å². The van der Waals surface area contributed by atoms with Crippen molar-refractivity contribution in [3.8, 4) is 5.75 Å². The average molecular weight is 421 g/mol. The Morgan fingerprint density at radius 3 is 2.74 bits per heavy atom. The summed E-state index contributed by atoms with van der Waals surface area (Å²) >= 11 is 0. The highest BCUT2D eigenvalue weighted by molar-refractivity contribution is 5.89. The van der Waals surface area contributed by atoms with Crippen molar-refractivity contribution in [1.29, 1.82) is 0 Å². The standard InChI is InChI=1S/C25H27NO5/c1-16-11-21(30-15-23(27)26-14-19-9-6-10-29-19)24-17(2)20(25(28)31-22(24)12-16)13-18-7-4-3-5-8-18/h3-5,7-8,11-12,19H,6,9-10,13-15H2,1-2H3,(H,26,27)/t19-/m0/s1. The first kappa shape index (κ1) is 21.1. The van der Waals surface area contributed by atoms with Crippen LogP contribution in [0.3, 0.4) is 0 Å². The molecule has 0 aliphatic carbocycles. The molecular formula is C25H27NO5. The van der Waals surface area contributed by atoms with Crippen LogP contribution in [0.5, 0.6) is 5.75 Å². The van der Waals surface area contributed by atoms with Gasteiger partial charge in [0.25, 0.3) is 5.91 Å². The van der Waals surface area contributed by atoms with Crippen molar-refractivity contribution in [2.45, 2.75) is 39.2 Å². The van der Waals surface area contributed by atoms with E-state index in [1.807, 2.05) is 56.3 Å². The number of ether oxygens (including phenoxy) is 2. The van der Waals surface area contributed by atoms with Crippen LogP contribution in [0.2, 0.25) is 0 Å². The summed E-state index contributed by atoms with van der Waals surface area (Å²) in [6, 6.07) is 13.5. The number of fused-ring (bicyclic) bond motifs is 1. The second-order valence-corrected chi connectivity index (χ2v) is 8.02. The van der Waals surface area contributed by atoms with Gasteiger partial charge in [0, 0.05) is 25.1 Å². The molecule has 1 aromatic heterocycles. The van der Waals surface area contributed by atoms with Gasteiger partial charge in [0.15, 0.2) is 6.61 Å². The molecule has 1 saturated heterocycles. The molecule has 31 heavy (non-hydrogen) atoms. The number of carbonyl (C=O) groups is 1. The van der Waals surface area contributed by atoms with Crippen molar-refractivity contribution in [1.82, 2.24) is 5.32 Å². The number of rotatable bonds is 7. The van der Waals surface area contributed by atoms with Crippen LogP contribution in [-0.2, 0) is 16.0 Å². The molecule has 1 amide bonds. The van der Waals surface area contributed by atoms with Gasteiger partial charge in [-0.2, -0.15) is 0 Å². The quantitative estimate of drug-likeness (QED) is 0.589. The molecule has 162 valence electrons. The second-order valence-electron chi connectivity index (χ2n) is 8.02. The van der Waals surface area contributed by atoms with Crippen molar-refractivity contribution < 1.29 is 18.7 Å². The summed E-state index contributed by atoms with van der Waals surface area (Å²) in [4.78, 5) is 25.0. The molecule has 1 fully saturated rings. The third-order valence-corrected chi connectivity index (χ3v) is 5.62. The van der Waals surface area contributed by atoms with E-state index in [9.17, 15) is 9.59 Å². The maximum absolute atomic E-state index is 12.7. The number of amides is 1. The van der Waals surface area contributed by atoms with Crippen LogP contribution >= 0.6 is 0 Å². The lowest BCUT2D eigenvalue weighted by molar-refractivity contribution is -0.123. The first-order chi connectivity index (χ1) is 15.0. The monoisotopic (exact) mass is 421 g/mol. The summed E-state index contributed by atoms with van der Waals surface area (Å²) in [5, 5.41) is 3.59. The fourth-order valence-corrected chi connectivity index (χ4v) is 3.98. The largest absolute Gasteiger partial charge is 0.483 e. The highest BCUT2D eigenvalue weighted by atomic mass is 16.5. The predicted molar refractivity (Wildman–Crippen MR) is 119 cm³/mol. The molecule has 1 atom stereocenters. The predicted octanol–water partition coefficient (Wildman–Crippen LogP) is 3.67. The zero-order valence-electron chi connectivity index (χ0n) is 17.9. The summed E-state index contributed by atoms with van der Waals surface area (Å²) in [7, 11) is 0. The van der Waals surface area contributed by atoms with Gasteiger partial charge in [0.05, 0.1) is 11.5 Å². The number of nitrogens with one attached hydrogen (secondary N) is 1. The van der Waals surface area contributed by atoms with E-state index in [4.69, 9.17) is 13.9 Å². The molecule has 2 aromatic carbocycles. The van der Waals surface area contributed by atoms with E-state index < -0.39 is 0 Å². The third-order valence-electron chi connectivity index (χ3n) is 5.62. The number of benzene rings is 2. The molecule has 0 radical (unpaired) electrons. The highest BCUT2D eigenvalue weighted by Crippen LogP contribution is 2.31. The number of carbonyl (C=O) groups excluding carboxylic acids is 1. The van der Waals surface area contributed by atoms with Gasteiger partial charge in [-0.25, -0.2) is 4.79 Å². The molecule has 4 rings (SSSR count). The van der Waals surface area contributed by atoms with Crippen molar-refractivity contribution in [3.05, 3.63) is 75.1 Å². The SMILES string of the molecule is Cc1cc(OCC(=O)NC[C@@H]2CCCO2)c2c(C)c(Cc3ccccc3)c(=O)oc2c1. The fraction of sp³-hybridized carbons (Fsp3) is 0.360. The molecule has 6 nitrogen and oxygen atoms in total. The van der Waals surface area contributed by atoms with Crippen molar-refractivity contribution in [2.24, 2.45) is 0 Å². The Bertz CT molecular complexity index is 1130. The third kappa shape index (κ3) is 4.97. The number of hydrogen-bond donors (Lipinski definition) is 1. The average Bonchev–Trinajstić information content (AvgIpc) is 3.27. The summed E-state index contributed by atoms with van der Waals surface area (Å²) in [5.41, 5.74) is 3.44. The Kier molecular flexibility index (Phi) is 6.37. The Hall–Kier alpha value is -3.12. The zero-order chi connectivity index (χ0) is 21.8. The molecule has 0 spiro atoms. The number of aryl methyl sites for hydroxylation is 2. The number of hydrogen-bond acceptors (Lipinski definition) is 5. The Labute approximate surface area is 181 Å². The molecule has 0 saturated carbocycles. The Balaban J connectivity index is 1.57. The van der Waals surface area contributed by atoms with Crippen LogP contribution in [0.4, 0.5) is 0 Å².